The van der Waals surface area contributed by atoms with E-state index in [0.29, 0.717) is 5.96 Å². The summed E-state index contributed by atoms with van der Waals surface area (Å²) in [5.41, 5.74) is -0.414. The lowest BCUT2D eigenvalue weighted by molar-refractivity contribution is -0.115. The lowest BCUT2D eigenvalue weighted by atomic mass is 10.2. The maximum absolute atomic E-state index is 13.5. The highest BCUT2D eigenvalue weighted by molar-refractivity contribution is 5.95. The average Bonchev–Trinajstić information content (AvgIpc) is 2.58. The number of aliphatic imine (C=N–C) groups is 1. The van der Waals surface area contributed by atoms with Crippen LogP contribution in [0.25, 0.3) is 0 Å². The van der Waals surface area contributed by atoms with E-state index in [2.05, 4.69) is 27.9 Å². The van der Waals surface area contributed by atoms with E-state index in [9.17, 15) is 18.0 Å². The number of benzene rings is 1. The molecule has 0 fully saturated rings. The van der Waals surface area contributed by atoms with Gasteiger partial charge in [-0.2, -0.15) is 0 Å². The van der Waals surface area contributed by atoms with Crippen LogP contribution in [0, 0.1) is 17.5 Å². The number of anilines is 1. The molecule has 0 saturated carbocycles. The van der Waals surface area contributed by atoms with Crippen LogP contribution in [-0.2, 0) is 4.79 Å². The number of carbonyl (C=O) groups is 1. The maximum atomic E-state index is 13.5. The predicted molar refractivity (Wildman–Crippen MR) is 88.5 cm³/mol. The van der Waals surface area contributed by atoms with Gasteiger partial charge in [-0.15, -0.1) is 0 Å². The molecular formula is C16H23F3N4O. The van der Waals surface area contributed by atoms with Crippen LogP contribution in [0.3, 0.4) is 0 Å². The lowest BCUT2D eigenvalue weighted by Crippen LogP contribution is -2.41. The van der Waals surface area contributed by atoms with Gasteiger partial charge in [-0.05, 0) is 18.6 Å². The minimum Gasteiger partial charge on any atom is -0.356 e. The quantitative estimate of drug-likeness (QED) is 0.294. The van der Waals surface area contributed by atoms with E-state index >= 15 is 0 Å². The van der Waals surface area contributed by atoms with E-state index in [1.165, 1.54) is 0 Å². The zero-order valence-corrected chi connectivity index (χ0v) is 13.9. The van der Waals surface area contributed by atoms with Gasteiger partial charge in [-0.3, -0.25) is 9.79 Å². The highest BCUT2D eigenvalue weighted by Gasteiger charge is 2.15. The van der Waals surface area contributed by atoms with E-state index in [1.54, 1.807) is 7.05 Å². The number of rotatable bonds is 8. The van der Waals surface area contributed by atoms with Crippen molar-refractivity contribution in [2.75, 3.05) is 25.5 Å². The van der Waals surface area contributed by atoms with Crippen molar-refractivity contribution in [1.82, 2.24) is 10.6 Å². The van der Waals surface area contributed by atoms with E-state index in [0.717, 1.165) is 44.4 Å². The van der Waals surface area contributed by atoms with Crippen LogP contribution in [0.5, 0.6) is 0 Å². The second-order valence-electron chi connectivity index (χ2n) is 5.18. The monoisotopic (exact) mass is 344 g/mol. The van der Waals surface area contributed by atoms with Gasteiger partial charge in [0.2, 0.25) is 5.91 Å². The SMILES string of the molecule is CCCCCCNC(=NC)NCC(=O)Nc1ccc(F)c(F)c1F. The third-order valence-corrected chi connectivity index (χ3v) is 3.27. The van der Waals surface area contributed by atoms with Gasteiger partial charge in [0.1, 0.15) is 0 Å². The van der Waals surface area contributed by atoms with Crippen LogP contribution in [0.1, 0.15) is 32.6 Å². The maximum Gasteiger partial charge on any atom is 0.243 e. The fourth-order valence-electron chi connectivity index (χ4n) is 1.96. The van der Waals surface area contributed by atoms with Gasteiger partial charge < -0.3 is 16.0 Å². The molecule has 8 heteroatoms. The summed E-state index contributed by atoms with van der Waals surface area (Å²) in [5.74, 6) is -4.52. The molecule has 0 heterocycles. The number of nitrogens with zero attached hydrogens (tertiary/aromatic N) is 1. The van der Waals surface area contributed by atoms with Crippen molar-refractivity contribution in [3.8, 4) is 0 Å². The second kappa shape index (κ2) is 10.5. The van der Waals surface area contributed by atoms with E-state index in [-0.39, 0.29) is 6.54 Å². The second-order valence-corrected chi connectivity index (χ2v) is 5.18. The third-order valence-electron chi connectivity index (χ3n) is 3.27. The first-order valence-electron chi connectivity index (χ1n) is 7.87. The molecule has 0 aliphatic rings. The average molecular weight is 344 g/mol. The zero-order chi connectivity index (χ0) is 17.9. The summed E-state index contributed by atoms with van der Waals surface area (Å²) < 4.78 is 39.4. The Bertz CT molecular complexity index is 579. The van der Waals surface area contributed by atoms with Crippen LogP contribution in [-0.4, -0.2) is 32.0 Å². The topological polar surface area (TPSA) is 65.5 Å². The Balaban J connectivity index is 2.41. The van der Waals surface area contributed by atoms with Crippen molar-refractivity contribution in [2.45, 2.75) is 32.6 Å². The predicted octanol–water partition coefficient (Wildman–Crippen LogP) is 2.79. The van der Waals surface area contributed by atoms with Crippen molar-refractivity contribution in [3.63, 3.8) is 0 Å². The van der Waals surface area contributed by atoms with E-state index in [1.807, 2.05) is 0 Å². The molecule has 0 saturated heterocycles. The molecule has 1 rings (SSSR count). The Morgan fingerprint density at radius 3 is 2.50 bits per heavy atom. The fourth-order valence-corrected chi connectivity index (χ4v) is 1.96. The minimum atomic E-state index is -1.62. The van der Waals surface area contributed by atoms with Crippen molar-refractivity contribution in [2.24, 2.45) is 4.99 Å². The number of nitrogens with one attached hydrogen (secondary N) is 3. The number of hydrogen-bond acceptors (Lipinski definition) is 2. The molecule has 1 amide bonds. The lowest BCUT2D eigenvalue weighted by Gasteiger charge is -2.12. The fraction of sp³-hybridized carbons (Fsp3) is 0.500. The molecule has 134 valence electrons. The zero-order valence-electron chi connectivity index (χ0n) is 13.9. The van der Waals surface area contributed by atoms with E-state index in [4.69, 9.17) is 0 Å². The molecule has 0 atom stereocenters. The molecule has 0 aliphatic heterocycles. The van der Waals surface area contributed by atoms with Gasteiger partial charge >= 0.3 is 0 Å². The first-order chi connectivity index (χ1) is 11.5. The minimum absolute atomic E-state index is 0.187. The summed E-state index contributed by atoms with van der Waals surface area (Å²) in [5, 5.41) is 7.99. The van der Waals surface area contributed by atoms with Gasteiger partial charge in [0.05, 0.1) is 12.2 Å². The first-order valence-corrected chi connectivity index (χ1v) is 7.87. The van der Waals surface area contributed by atoms with Crippen LogP contribution < -0.4 is 16.0 Å². The van der Waals surface area contributed by atoms with Crippen LogP contribution in [0.2, 0.25) is 0 Å². The Kier molecular flexibility index (Phi) is 8.67. The number of amides is 1. The highest BCUT2D eigenvalue weighted by Crippen LogP contribution is 2.19. The Hall–Kier alpha value is -2.25. The van der Waals surface area contributed by atoms with Gasteiger partial charge in [-0.1, -0.05) is 26.2 Å². The molecule has 1 aromatic carbocycles. The molecule has 0 bridgehead atoms. The van der Waals surface area contributed by atoms with Crippen LogP contribution >= 0.6 is 0 Å². The number of carbonyl (C=O) groups excluding carboxylic acids is 1. The summed E-state index contributed by atoms with van der Waals surface area (Å²) in [6, 6.07) is 1.71. The van der Waals surface area contributed by atoms with Crippen molar-refractivity contribution >= 4 is 17.6 Å². The summed E-state index contributed by atoms with van der Waals surface area (Å²) in [6.45, 7) is 2.66. The Labute approximate surface area is 139 Å². The number of guanidine groups is 1. The van der Waals surface area contributed by atoms with Crippen LogP contribution in [0.4, 0.5) is 18.9 Å². The van der Waals surface area contributed by atoms with Crippen molar-refractivity contribution in [3.05, 3.63) is 29.6 Å². The summed E-state index contributed by atoms with van der Waals surface area (Å²) in [7, 11) is 1.56. The molecule has 0 aromatic heterocycles. The van der Waals surface area contributed by atoms with Crippen molar-refractivity contribution in [1.29, 1.82) is 0 Å². The van der Waals surface area contributed by atoms with Gasteiger partial charge in [0.25, 0.3) is 0 Å². The molecule has 0 radical (unpaired) electrons. The highest BCUT2D eigenvalue weighted by atomic mass is 19.2. The summed E-state index contributed by atoms with van der Waals surface area (Å²) in [4.78, 5) is 15.7. The van der Waals surface area contributed by atoms with Crippen LogP contribution in [0.15, 0.2) is 17.1 Å². The number of halogens is 3. The Morgan fingerprint density at radius 1 is 1.08 bits per heavy atom. The molecule has 0 aliphatic carbocycles. The largest absolute Gasteiger partial charge is 0.356 e. The molecule has 1 aromatic rings. The normalized spacial score (nSPS) is 11.3. The molecule has 0 unspecified atom stereocenters. The number of hydrogen-bond donors (Lipinski definition) is 3. The number of unbranched alkanes of at least 4 members (excludes halogenated alkanes) is 3. The third kappa shape index (κ3) is 6.47. The molecule has 24 heavy (non-hydrogen) atoms. The van der Waals surface area contributed by atoms with E-state index < -0.39 is 29.0 Å². The van der Waals surface area contributed by atoms with Crippen molar-refractivity contribution < 1.29 is 18.0 Å². The molecule has 0 spiro atoms. The molecular weight excluding hydrogens is 321 g/mol. The standard InChI is InChI=1S/C16H23F3N4O/c1-3-4-5-6-9-21-16(20-2)22-10-13(24)23-12-8-7-11(17)14(18)15(12)19/h7-8H,3-6,9-10H2,1-2H3,(H,23,24)(H2,20,21,22). The molecule has 5 nitrogen and oxygen atoms in total. The van der Waals surface area contributed by atoms with Gasteiger partial charge in [0.15, 0.2) is 23.4 Å². The smallest absolute Gasteiger partial charge is 0.243 e. The summed E-state index contributed by atoms with van der Waals surface area (Å²) in [6.07, 6.45) is 4.40. The first kappa shape index (κ1) is 19.8. The van der Waals surface area contributed by atoms with Gasteiger partial charge in [-0.25, -0.2) is 13.2 Å². The summed E-state index contributed by atoms with van der Waals surface area (Å²) >= 11 is 0. The Morgan fingerprint density at radius 2 is 1.83 bits per heavy atom. The molecule has 3 N–H and O–H groups in total. The van der Waals surface area contributed by atoms with Gasteiger partial charge in [0, 0.05) is 13.6 Å².